The fraction of sp³-hybridized carbons (Fsp3) is 0.222. The van der Waals surface area contributed by atoms with Crippen molar-refractivity contribution < 1.29 is 14.4 Å². The van der Waals surface area contributed by atoms with Crippen molar-refractivity contribution in [2.24, 2.45) is 5.92 Å². The van der Waals surface area contributed by atoms with Crippen LogP contribution in [-0.2, 0) is 26.3 Å². The fourth-order valence-electron chi connectivity index (χ4n) is 6.25. The molecule has 3 amide bonds. The summed E-state index contributed by atoms with van der Waals surface area (Å²) >= 11 is 2.28. The molecule has 0 radical (unpaired) electrons. The van der Waals surface area contributed by atoms with E-state index >= 15 is 0 Å². The number of rotatable bonds is 5. The lowest BCUT2D eigenvalue weighted by Gasteiger charge is -2.31. The summed E-state index contributed by atoms with van der Waals surface area (Å²) in [7, 11) is 0. The Labute approximate surface area is 268 Å². The zero-order valence-electron chi connectivity index (χ0n) is 25.0. The lowest BCUT2D eigenvalue weighted by atomic mass is 9.81. The Morgan fingerprint density at radius 1 is 0.822 bits per heavy atom. The predicted octanol–water partition coefficient (Wildman–Crippen LogP) is 6.80. The molecule has 45 heavy (non-hydrogen) atoms. The lowest BCUT2D eigenvalue weighted by Crippen LogP contribution is -2.33. The first-order valence-corrected chi connectivity index (χ1v) is 16.5. The molecule has 1 aromatic heterocycles. The van der Waals surface area contributed by atoms with E-state index in [2.05, 4.69) is 38.2 Å². The highest BCUT2D eigenvalue weighted by atomic mass is 32.2. The van der Waals surface area contributed by atoms with E-state index in [9.17, 15) is 19.2 Å². The number of thiazole rings is 1. The third kappa shape index (κ3) is 5.19. The van der Waals surface area contributed by atoms with Crippen LogP contribution in [0.15, 0.2) is 107 Å². The number of carbonyl (C=O) groups is 3. The smallest absolute Gasteiger partial charge is 0.308 e. The number of benzene rings is 4. The normalized spacial score (nSPS) is 19.4. The molecule has 1 saturated heterocycles. The molecular weight excluding hydrogens is 603 g/mol. The minimum atomic E-state index is -0.735. The molecule has 7 rings (SSSR count). The summed E-state index contributed by atoms with van der Waals surface area (Å²) in [5.41, 5.74) is 3.11. The van der Waals surface area contributed by atoms with Crippen molar-refractivity contribution in [1.82, 2.24) is 4.57 Å². The van der Waals surface area contributed by atoms with Crippen LogP contribution in [0.1, 0.15) is 42.7 Å². The molecular formula is C36H31N3O4S2. The zero-order valence-corrected chi connectivity index (χ0v) is 26.7. The molecule has 7 nitrogen and oxygen atoms in total. The summed E-state index contributed by atoms with van der Waals surface area (Å²) in [6.45, 7) is 6.21. The Morgan fingerprint density at radius 2 is 1.51 bits per heavy atom. The van der Waals surface area contributed by atoms with Gasteiger partial charge in [-0.05, 0) is 51.6 Å². The number of hydrogen-bond donors (Lipinski definition) is 1. The van der Waals surface area contributed by atoms with Crippen LogP contribution in [-0.4, -0.2) is 27.5 Å². The van der Waals surface area contributed by atoms with Crippen LogP contribution in [0.4, 0.5) is 11.4 Å². The molecule has 3 atom stereocenters. The van der Waals surface area contributed by atoms with Crippen LogP contribution >= 0.6 is 23.1 Å². The number of hydrogen-bond acceptors (Lipinski definition) is 6. The first-order chi connectivity index (χ1) is 21.6. The summed E-state index contributed by atoms with van der Waals surface area (Å²) in [5, 5.41) is 4.82. The van der Waals surface area contributed by atoms with Gasteiger partial charge in [0.1, 0.15) is 11.8 Å². The Bertz CT molecular complexity index is 2030. The average Bonchev–Trinajstić information content (AvgIpc) is 3.47. The summed E-state index contributed by atoms with van der Waals surface area (Å²) in [6.07, 6.45) is 0. The number of nitrogens with one attached hydrogen (secondary N) is 1. The van der Waals surface area contributed by atoms with E-state index in [1.54, 1.807) is 24.3 Å². The summed E-state index contributed by atoms with van der Waals surface area (Å²) < 4.78 is 1.46. The van der Waals surface area contributed by atoms with E-state index in [0.717, 1.165) is 33.2 Å². The van der Waals surface area contributed by atoms with Crippen LogP contribution in [0.2, 0.25) is 0 Å². The van der Waals surface area contributed by atoms with Crippen LogP contribution in [0, 0.1) is 5.92 Å². The van der Waals surface area contributed by atoms with Gasteiger partial charge in [-0.1, -0.05) is 117 Å². The summed E-state index contributed by atoms with van der Waals surface area (Å²) in [5.74, 6) is -2.13. The Hall–Kier alpha value is -4.47. The van der Waals surface area contributed by atoms with E-state index in [1.807, 2.05) is 60.7 Å². The number of anilines is 2. The van der Waals surface area contributed by atoms with E-state index in [0.29, 0.717) is 21.3 Å². The van der Waals surface area contributed by atoms with E-state index < -0.39 is 17.1 Å². The van der Waals surface area contributed by atoms with Crippen LogP contribution < -0.4 is 15.1 Å². The molecule has 4 aromatic carbocycles. The van der Waals surface area contributed by atoms with Crippen molar-refractivity contribution >= 4 is 63.0 Å². The number of carbonyl (C=O) groups excluding carboxylic acids is 3. The predicted molar refractivity (Wildman–Crippen MR) is 180 cm³/mol. The Morgan fingerprint density at radius 3 is 2.22 bits per heavy atom. The number of imide groups is 1. The van der Waals surface area contributed by atoms with Gasteiger partial charge in [0, 0.05) is 16.5 Å². The van der Waals surface area contributed by atoms with Crippen molar-refractivity contribution in [1.29, 1.82) is 0 Å². The first kappa shape index (κ1) is 29.3. The summed E-state index contributed by atoms with van der Waals surface area (Å²) in [6, 6.07) is 30.6. The summed E-state index contributed by atoms with van der Waals surface area (Å²) in [4.78, 5) is 56.5. The molecule has 5 aromatic rings. The quantitative estimate of drug-likeness (QED) is 0.215. The second kappa shape index (κ2) is 11.2. The van der Waals surface area contributed by atoms with Gasteiger partial charge in [-0.2, -0.15) is 0 Å². The number of thioether (sulfide) groups is 1. The highest BCUT2D eigenvalue weighted by Crippen LogP contribution is 2.54. The minimum Gasteiger partial charge on any atom is -0.325 e. The molecule has 3 heterocycles. The molecule has 0 aliphatic carbocycles. The Kier molecular flexibility index (Phi) is 7.25. The number of nitrogens with zero attached hydrogens (tertiary/aromatic N) is 2. The number of aromatic nitrogens is 1. The first-order valence-electron chi connectivity index (χ1n) is 14.8. The zero-order chi connectivity index (χ0) is 31.5. The minimum absolute atomic E-state index is 0.0650. The maximum absolute atomic E-state index is 14.1. The van der Waals surface area contributed by atoms with Gasteiger partial charge in [0.25, 0.3) is 0 Å². The van der Waals surface area contributed by atoms with Crippen molar-refractivity contribution in [3.8, 4) is 0 Å². The SMILES string of the molecule is CC(C)(C)c1ccc([C@H]2c3sc(=O)n(CC(=O)Nc4ccc5ccccc5c4)c3SC3C(=O)N(c4ccccc4)C(=O)C32)cc1. The van der Waals surface area contributed by atoms with E-state index in [-0.39, 0.29) is 34.6 Å². The maximum atomic E-state index is 14.1. The third-order valence-corrected chi connectivity index (χ3v) is 11.1. The molecule has 226 valence electrons. The van der Waals surface area contributed by atoms with Crippen LogP contribution in [0.5, 0.6) is 0 Å². The van der Waals surface area contributed by atoms with Gasteiger partial charge in [-0.25, -0.2) is 4.90 Å². The van der Waals surface area contributed by atoms with Gasteiger partial charge in [-0.15, -0.1) is 0 Å². The largest absolute Gasteiger partial charge is 0.325 e. The van der Waals surface area contributed by atoms with E-state index in [4.69, 9.17) is 0 Å². The number of amides is 3. The second-order valence-electron chi connectivity index (χ2n) is 12.5. The molecule has 1 N–H and O–H groups in total. The highest BCUT2D eigenvalue weighted by Gasteiger charge is 2.56. The molecule has 0 bridgehead atoms. The highest BCUT2D eigenvalue weighted by molar-refractivity contribution is 8.00. The molecule has 2 unspecified atom stereocenters. The van der Waals surface area contributed by atoms with Crippen molar-refractivity contribution in [3.05, 3.63) is 123 Å². The number of fused-ring (bicyclic) bond motifs is 3. The average molecular weight is 634 g/mol. The van der Waals surface area contributed by atoms with E-state index in [1.165, 1.54) is 21.2 Å². The van der Waals surface area contributed by atoms with Gasteiger partial charge >= 0.3 is 4.87 Å². The second-order valence-corrected chi connectivity index (χ2v) is 14.6. The van der Waals surface area contributed by atoms with Crippen LogP contribution in [0.25, 0.3) is 10.8 Å². The van der Waals surface area contributed by atoms with Gasteiger partial charge in [0.05, 0.1) is 16.6 Å². The fourth-order valence-corrected chi connectivity index (χ4v) is 9.02. The van der Waals surface area contributed by atoms with Gasteiger partial charge in [0.15, 0.2) is 0 Å². The molecule has 2 aliphatic rings. The topological polar surface area (TPSA) is 88.5 Å². The monoisotopic (exact) mass is 633 g/mol. The lowest BCUT2D eigenvalue weighted by molar-refractivity contribution is -0.122. The molecule has 0 saturated carbocycles. The molecule has 1 fully saturated rings. The maximum Gasteiger partial charge on any atom is 0.308 e. The van der Waals surface area contributed by atoms with Gasteiger partial charge in [0.2, 0.25) is 17.7 Å². The molecule has 2 aliphatic heterocycles. The number of para-hydroxylation sites is 1. The standard InChI is InChI=1S/C36H31N3O4S2/c1-36(2,3)24-16-13-22(14-17-24)28-29-30(33(42)39(32(29)41)26-11-5-4-6-12-26)44-34-31(28)45-35(43)38(34)20-27(40)37-25-18-15-21-9-7-8-10-23(21)19-25/h4-19,28-30H,20H2,1-3H3,(H,37,40)/t28-,29?,30?/m1/s1. The molecule has 0 spiro atoms. The van der Waals surface area contributed by atoms with Crippen molar-refractivity contribution in [2.75, 3.05) is 10.2 Å². The van der Waals surface area contributed by atoms with Gasteiger partial charge in [-0.3, -0.25) is 23.7 Å². The van der Waals surface area contributed by atoms with Crippen molar-refractivity contribution in [2.45, 2.75) is 48.9 Å². The third-order valence-electron chi connectivity index (χ3n) is 8.53. The van der Waals surface area contributed by atoms with Gasteiger partial charge < -0.3 is 5.32 Å². The van der Waals surface area contributed by atoms with Crippen LogP contribution in [0.3, 0.4) is 0 Å². The molecule has 9 heteroatoms. The Balaban J connectivity index is 1.27. The van der Waals surface area contributed by atoms with Crippen molar-refractivity contribution in [3.63, 3.8) is 0 Å².